The average molecular weight is 210 g/mol. The number of nitrogens with zero attached hydrogens (tertiary/aromatic N) is 2. The number of nitrogens with two attached hydrogens (primary N) is 2. The van der Waals surface area contributed by atoms with Crippen LogP contribution in [0.5, 0.6) is 0 Å². The van der Waals surface area contributed by atoms with Crippen LogP contribution in [0.4, 0.5) is 0 Å². The van der Waals surface area contributed by atoms with Gasteiger partial charge in [-0.3, -0.25) is 13.9 Å². The first-order chi connectivity index (χ1) is 7.09. The molecule has 1 aromatic rings. The minimum Gasteiger partial charge on any atom is -0.368 e. The number of rotatable bonds is 4. The Bertz CT molecular complexity index is 430. The predicted molar refractivity (Wildman–Crippen MR) is 54.1 cm³/mol. The summed E-state index contributed by atoms with van der Waals surface area (Å²) in [4.78, 5) is 22.5. The van der Waals surface area contributed by atoms with E-state index >= 15 is 0 Å². The van der Waals surface area contributed by atoms with E-state index in [1.54, 1.807) is 17.0 Å². The van der Waals surface area contributed by atoms with E-state index in [0.29, 0.717) is 6.04 Å². The zero-order valence-electron chi connectivity index (χ0n) is 8.30. The van der Waals surface area contributed by atoms with Crippen LogP contribution in [0.3, 0.4) is 0 Å². The molecule has 1 amide bonds. The normalized spacial score (nSPS) is 17.7. The number of primary amides is 1. The first-order valence-electron chi connectivity index (χ1n) is 4.92. The molecular weight excluding hydrogens is 196 g/mol. The van der Waals surface area contributed by atoms with Crippen LogP contribution in [-0.4, -0.2) is 21.1 Å². The van der Waals surface area contributed by atoms with Crippen molar-refractivity contribution in [3.05, 3.63) is 22.9 Å². The molecule has 0 saturated heterocycles. The van der Waals surface area contributed by atoms with Crippen molar-refractivity contribution in [1.82, 2.24) is 9.13 Å². The summed E-state index contributed by atoms with van der Waals surface area (Å²) in [6, 6.07) is -0.471. The van der Waals surface area contributed by atoms with E-state index in [2.05, 4.69) is 0 Å². The molecule has 1 fully saturated rings. The van der Waals surface area contributed by atoms with Gasteiger partial charge in [0, 0.05) is 18.4 Å². The standard InChI is InChI=1S/C9H14N4O2/c10-7(8(11)14)5-12-3-4-13(9(12)15)6-1-2-6/h3-4,6-7H,1-2,5,10H2,(H2,11,14). The van der Waals surface area contributed by atoms with Gasteiger partial charge in [0.05, 0.1) is 6.54 Å². The highest BCUT2D eigenvalue weighted by molar-refractivity contribution is 5.79. The molecule has 4 N–H and O–H groups in total. The molecule has 82 valence electrons. The summed E-state index contributed by atoms with van der Waals surface area (Å²) in [5, 5.41) is 0. The molecule has 0 spiro atoms. The lowest BCUT2D eigenvalue weighted by Crippen LogP contribution is -2.42. The number of carbonyl (C=O) groups excluding carboxylic acids is 1. The van der Waals surface area contributed by atoms with Crippen molar-refractivity contribution >= 4 is 5.91 Å². The first-order valence-corrected chi connectivity index (χ1v) is 4.92. The Labute approximate surface area is 86.5 Å². The summed E-state index contributed by atoms with van der Waals surface area (Å²) in [5.74, 6) is -0.596. The molecule has 15 heavy (non-hydrogen) atoms. The van der Waals surface area contributed by atoms with Crippen molar-refractivity contribution in [2.75, 3.05) is 0 Å². The number of aromatic nitrogens is 2. The molecule has 6 heteroatoms. The van der Waals surface area contributed by atoms with E-state index in [1.165, 1.54) is 4.57 Å². The highest BCUT2D eigenvalue weighted by atomic mass is 16.2. The third-order valence-electron chi connectivity index (χ3n) is 2.57. The highest BCUT2D eigenvalue weighted by Crippen LogP contribution is 2.33. The SMILES string of the molecule is NC(=O)C(N)Cn1ccn(C2CC2)c1=O. The number of imidazole rings is 1. The lowest BCUT2D eigenvalue weighted by atomic mass is 10.3. The van der Waals surface area contributed by atoms with Gasteiger partial charge in [-0.15, -0.1) is 0 Å². The fourth-order valence-electron chi connectivity index (χ4n) is 1.50. The van der Waals surface area contributed by atoms with Crippen LogP contribution >= 0.6 is 0 Å². The third-order valence-corrected chi connectivity index (χ3v) is 2.57. The fourth-order valence-corrected chi connectivity index (χ4v) is 1.50. The van der Waals surface area contributed by atoms with Crippen LogP contribution in [0.25, 0.3) is 0 Å². The largest absolute Gasteiger partial charge is 0.368 e. The average Bonchev–Trinajstić information content (AvgIpc) is 2.95. The lowest BCUT2D eigenvalue weighted by molar-refractivity contribution is -0.119. The van der Waals surface area contributed by atoms with E-state index in [0.717, 1.165) is 12.8 Å². The number of hydrogen-bond acceptors (Lipinski definition) is 3. The smallest absolute Gasteiger partial charge is 0.328 e. The van der Waals surface area contributed by atoms with Crippen molar-refractivity contribution in [2.45, 2.75) is 31.5 Å². The summed E-state index contributed by atoms with van der Waals surface area (Å²) in [6.07, 6.45) is 5.47. The molecule has 0 radical (unpaired) electrons. The van der Waals surface area contributed by atoms with E-state index in [-0.39, 0.29) is 12.2 Å². The lowest BCUT2D eigenvalue weighted by Gasteiger charge is -2.06. The number of hydrogen-bond donors (Lipinski definition) is 2. The topological polar surface area (TPSA) is 96.0 Å². The van der Waals surface area contributed by atoms with Gasteiger partial charge >= 0.3 is 5.69 Å². The van der Waals surface area contributed by atoms with Crippen molar-refractivity contribution in [2.24, 2.45) is 11.5 Å². The van der Waals surface area contributed by atoms with Gasteiger partial charge < -0.3 is 11.5 Å². The van der Waals surface area contributed by atoms with Crippen molar-refractivity contribution in [3.63, 3.8) is 0 Å². The molecule has 2 rings (SSSR count). The molecule has 1 heterocycles. The van der Waals surface area contributed by atoms with Crippen LogP contribution in [-0.2, 0) is 11.3 Å². The Hall–Kier alpha value is -1.56. The summed E-state index contributed by atoms with van der Waals surface area (Å²) in [7, 11) is 0. The summed E-state index contributed by atoms with van der Waals surface area (Å²) in [5.41, 5.74) is 10.4. The molecule has 0 aromatic carbocycles. The van der Waals surface area contributed by atoms with E-state index in [4.69, 9.17) is 11.5 Å². The van der Waals surface area contributed by atoms with Gasteiger partial charge in [-0.25, -0.2) is 4.79 Å². The molecule has 1 atom stereocenters. The summed E-state index contributed by atoms with van der Waals surface area (Å²) >= 11 is 0. The molecule has 6 nitrogen and oxygen atoms in total. The molecule has 0 aliphatic heterocycles. The Kier molecular flexibility index (Phi) is 2.36. The second-order valence-corrected chi connectivity index (χ2v) is 3.88. The van der Waals surface area contributed by atoms with Crippen LogP contribution in [0.1, 0.15) is 18.9 Å². The quantitative estimate of drug-likeness (QED) is 0.653. The number of amides is 1. The van der Waals surface area contributed by atoms with Gasteiger partial charge in [-0.05, 0) is 12.8 Å². The summed E-state index contributed by atoms with van der Waals surface area (Å²) in [6.45, 7) is 0.147. The van der Waals surface area contributed by atoms with Gasteiger partial charge in [0.1, 0.15) is 6.04 Å². The third kappa shape index (κ3) is 1.94. The van der Waals surface area contributed by atoms with Gasteiger partial charge in [0.25, 0.3) is 0 Å². The van der Waals surface area contributed by atoms with Gasteiger partial charge in [-0.1, -0.05) is 0 Å². The maximum Gasteiger partial charge on any atom is 0.328 e. The zero-order valence-corrected chi connectivity index (χ0v) is 8.30. The van der Waals surface area contributed by atoms with Gasteiger partial charge in [0.15, 0.2) is 0 Å². The van der Waals surface area contributed by atoms with E-state index in [9.17, 15) is 9.59 Å². The van der Waals surface area contributed by atoms with Crippen molar-refractivity contribution in [1.29, 1.82) is 0 Å². The molecule has 1 aromatic heterocycles. The second kappa shape index (κ2) is 3.54. The van der Waals surface area contributed by atoms with Crippen molar-refractivity contribution in [3.8, 4) is 0 Å². The monoisotopic (exact) mass is 210 g/mol. The molecule has 1 saturated carbocycles. The number of carbonyl (C=O) groups is 1. The fraction of sp³-hybridized carbons (Fsp3) is 0.556. The van der Waals surface area contributed by atoms with Crippen LogP contribution in [0.2, 0.25) is 0 Å². The van der Waals surface area contributed by atoms with Crippen LogP contribution < -0.4 is 17.2 Å². The van der Waals surface area contributed by atoms with Crippen LogP contribution in [0.15, 0.2) is 17.2 Å². The maximum atomic E-state index is 11.7. The molecule has 1 unspecified atom stereocenters. The summed E-state index contributed by atoms with van der Waals surface area (Å²) < 4.78 is 3.10. The zero-order chi connectivity index (χ0) is 11.0. The Morgan fingerprint density at radius 3 is 2.73 bits per heavy atom. The highest BCUT2D eigenvalue weighted by Gasteiger charge is 2.25. The minimum absolute atomic E-state index is 0.116. The minimum atomic E-state index is -0.808. The van der Waals surface area contributed by atoms with Crippen molar-refractivity contribution < 1.29 is 4.79 Å². The Morgan fingerprint density at radius 2 is 2.20 bits per heavy atom. The Balaban J connectivity index is 2.15. The molecule has 1 aliphatic rings. The molecule has 0 bridgehead atoms. The van der Waals surface area contributed by atoms with Gasteiger partial charge in [0.2, 0.25) is 5.91 Å². The first kappa shape index (κ1) is 9.97. The second-order valence-electron chi connectivity index (χ2n) is 3.88. The van der Waals surface area contributed by atoms with Crippen LogP contribution in [0, 0.1) is 0 Å². The van der Waals surface area contributed by atoms with E-state index < -0.39 is 11.9 Å². The Morgan fingerprint density at radius 1 is 1.53 bits per heavy atom. The predicted octanol–water partition coefficient (Wildman–Crippen LogP) is -1.20. The molecule has 1 aliphatic carbocycles. The van der Waals surface area contributed by atoms with Gasteiger partial charge in [-0.2, -0.15) is 0 Å². The molecular formula is C9H14N4O2. The van der Waals surface area contributed by atoms with E-state index in [1.807, 2.05) is 0 Å². The maximum absolute atomic E-state index is 11.7.